The largest absolute Gasteiger partial charge is 0.319 e. The maximum Gasteiger partial charge on any atom is 0.150 e. The monoisotopic (exact) mass is 315 g/mol. The van der Waals surface area contributed by atoms with Gasteiger partial charge in [0.15, 0.2) is 0 Å². The van der Waals surface area contributed by atoms with Crippen LogP contribution in [0.25, 0.3) is 0 Å². The smallest absolute Gasteiger partial charge is 0.150 e. The van der Waals surface area contributed by atoms with E-state index in [2.05, 4.69) is 19.2 Å². The fourth-order valence-corrected chi connectivity index (χ4v) is 5.91. The highest BCUT2D eigenvalue weighted by atomic mass is 32.2. The van der Waals surface area contributed by atoms with Crippen molar-refractivity contribution in [1.82, 2.24) is 5.32 Å². The van der Waals surface area contributed by atoms with Gasteiger partial charge >= 0.3 is 0 Å². The zero-order chi connectivity index (χ0) is 15.7. The van der Waals surface area contributed by atoms with Crippen molar-refractivity contribution in [2.45, 2.75) is 64.0 Å². The van der Waals surface area contributed by atoms with Crippen molar-refractivity contribution in [3.63, 3.8) is 0 Å². The van der Waals surface area contributed by atoms with Crippen LogP contribution in [-0.2, 0) is 9.84 Å². The summed E-state index contributed by atoms with van der Waals surface area (Å²) in [6, 6.07) is 0. The van der Waals surface area contributed by atoms with E-state index >= 15 is 0 Å². The van der Waals surface area contributed by atoms with Gasteiger partial charge in [0.2, 0.25) is 0 Å². The Morgan fingerprint density at radius 2 is 1.90 bits per heavy atom. The van der Waals surface area contributed by atoms with E-state index in [1.165, 1.54) is 31.9 Å². The van der Waals surface area contributed by atoms with Crippen molar-refractivity contribution >= 4 is 9.84 Å². The zero-order valence-corrected chi connectivity index (χ0v) is 15.0. The van der Waals surface area contributed by atoms with Crippen LogP contribution in [0, 0.1) is 23.2 Å². The van der Waals surface area contributed by atoms with E-state index in [0.717, 1.165) is 31.7 Å². The van der Waals surface area contributed by atoms with Gasteiger partial charge in [-0.05, 0) is 68.9 Å². The molecule has 2 fully saturated rings. The van der Waals surface area contributed by atoms with Crippen molar-refractivity contribution in [2.75, 3.05) is 19.8 Å². The van der Waals surface area contributed by atoms with Gasteiger partial charge < -0.3 is 5.32 Å². The van der Waals surface area contributed by atoms with E-state index in [-0.39, 0.29) is 5.25 Å². The van der Waals surface area contributed by atoms with E-state index in [4.69, 9.17) is 0 Å². The minimum Gasteiger partial charge on any atom is -0.319 e. The quantitative estimate of drug-likeness (QED) is 0.866. The molecular formula is C17H33NO2S. The van der Waals surface area contributed by atoms with Crippen LogP contribution in [0.3, 0.4) is 0 Å². The molecule has 0 spiro atoms. The molecular weight excluding hydrogens is 282 g/mol. The molecule has 0 saturated heterocycles. The Morgan fingerprint density at radius 1 is 1.19 bits per heavy atom. The molecule has 21 heavy (non-hydrogen) atoms. The van der Waals surface area contributed by atoms with E-state index < -0.39 is 9.84 Å². The maximum absolute atomic E-state index is 11.9. The van der Waals surface area contributed by atoms with Crippen molar-refractivity contribution < 1.29 is 8.42 Å². The van der Waals surface area contributed by atoms with E-state index in [1.807, 2.05) is 7.05 Å². The molecule has 2 aliphatic carbocycles. The first-order chi connectivity index (χ1) is 9.73. The van der Waals surface area contributed by atoms with Crippen molar-refractivity contribution in [3.8, 4) is 0 Å². The lowest BCUT2D eigenvalue weighted by Gasteiger charge is -2.46. The maximum atomic E-state index is 11.9. The lowest BCUT2D eigenvalue weighted by atomic mass is 9.61. The van der Waals surface area contributed by atoms with Crippen molar-refractivity contribution in [3.05, 3.63) is 0 Å². The zero-order valence-electron chi connectivity index (χ0n) is 14.2. The third-order valence-corrected chi connectivity index (χ3v) is 7.57. The van der Waals surface area contributed by atoms with Crippen LogP contribution >= 0.6 is 0 Å². The summed E-state index contributed by atoms with van der Waals surface area (Å²) in [5.74, 6) is 2.04. The topological polar surface area (TPSA) is 46.2 Å². The lowest BCUT2D eigenvalue weighted by Crippen LogP contribution is -2.41. The molecule has 0 aliphatic heterocycles. The van der Waals surface area contributed by atoms with Crippen LogP contribution in [0.15, 0.2) is 0 Å². The molecule has 0 amide bonds. The summed E-state index contributed by atoms with van der Waals surface area (Å²) in [6.45, 7) is 5.85. The molecule has 0 aromatic rings. The second kappa shape index (κ2) is 6.57. The number of hydrogen-bond donors (Lipinski definition) is 1. The molecule has 2 rings (SSSR count). The predicted octanol–water partition coefficient (Wildman–Crippen LogP) is 3.25. The summed E-state index contributed by atoms with van der Waals surface area (Å²) >= 11 is 0. The van der Waals surface area contributed by atoms with Gasteiger partial charge in [0.25, 0.3) is 0 Å². The Hall–Kier alpha value is -0.0900. The Labute approximate surface area is 131 Å². The predicted molar refractivity (Wildman–Crippen MR) is 89.1 cm³/mol. The summed E-state index contributed by atoms with van der Waals surface area (Å²) in [5, 5.41) is 3.27. The van der Waals surface area contributed by atoms with Crippen LogP contribution < -0.4 is 5.32 Å². The summed E-state index contributed by atoms with van der Waals surface area (Å²) in [7, 11) is -0.833. The minimum atomic E-state index is -2.87. The summed E-state index contributed by atoms with van der Waals surface area (Å²) < 4.78 is 23.9. The van der Waals surface area contributed by atoms with Crippen molar-refractivity contribution in [2.24, 2.45) is 23.2 Å². The summed E-state index contributed by atoms with van der Waals surface area (Å²) in [5.41, 5.74) is 0.424. The van der Waals surface area contributed by atoms with E-state index in [0.29, 0.717) is 17.3 Å². The van der Waals surface area contributed by atoms with Gasteiger partial charge in [-0.1, -0.05) is 26.7 Å². The second-order valence-electron chi connectivity index (χ2n) is 8.27. The molecule has 0 bridgehead atoms. The fourth-order valence-electron chi connectivity index (χ4n) is 4.72. The molecule has 4 atom stereocenters. The summed E-state index contributed by atoms with van der Waals surface area (Å²) in [4.78, 5) is 0. The highest BCUT2D eigenvalue weighted by molar-refractivity contribution is 7.91. The molecule has 4 heteroatoms. The molecule has 124 valence electrons. The van der Waals surface area contributed by atoms with Gasteiger partial charge in [0.1, 0.15) is 9.84 Å². The molecule has 0 aromatic heterocycles. The molecule has 3 nitrogen and oxygen atoms in total. The second-order valence-corrected chi connectivity index (χ2v) is 10.6. The fraction of sp³-hybridized carbons (Fsp3) is 1.00. The molecule has 2 saturated carbocycles. The Bertz CT molecular complexity index is 444. The average Bonchev–Trinajstić information content (AvgIpc) is 2.40. The minimum absolute atomic E-state index is 0.0866. The SMILES string of the molecule is CNCC1CCC(C)(C)CC1C1CCCC(S(C)(=O)=O)C1. The highest BCUT2D eigenvalue weighted by Crippen LogP contribution is 2.48. The number of sulfone groups is 1. The molecule has 0 radical (unpaired) electrons. The van der Waals surface area contributed by atoms with Crippen LogP contribution in [-0.4, -0.2) is 33.5 Å². The Kier molecular flexibility index (Phi) is 5.40. The van der Waals surface area contributed by atoms with Gasteiger partial charge in [0, 0.05) is 6.26 Å². The number of nitrogens with one attached hydrogen (secondary N) is 1. The molecule has 1 N–H and O–H groups in total. The van der Waals surface area contributed by atoms with Crippen LogP contribution in [0.2, 0.25) is 0 Å². The number of hydrogen-bond acceptors (Lipinski definition) is 3. The molecule has 2 aliphatic rings. The van der Waals surface area contributed by atoms with Gasteiger partial charge in [0.05, 0.1) is 5.25 Å². The first-order valence-electron chi connectivity index (χ1n) is 8.56. The molecule has 0 heterocycles. The lowest BCUT2D eigenvalue weighted by molar-refractivity contribution is 0.0590. The van der Waals surface area contributed by atoms with Crippen LogP contribution in [0.1, 0.15) is 58.8 Å². The van der Waals surface area contributed by atoms with Gasteiger partial charge in [-0.15, -0.1) is 0 Å². The number of rotatable bonds is 4. The normalized spacial score (nSPS) is 37.3. The molecule has 4 unspecified atom stereocenters. The highest BCUT2D eigenvalue weighted by Gasteiger charge is 2.41. The third-order valence-electron chi connectivity index (χ3n) is 5.93. The first-order valence-corrected chi connectivity index (χ1v) is 10.5. The first kappa shape index (κ1) is 17.3. The standard InChI is InChI=1S/C17H33NO2S/c1-17(2)9-8-14(12-18-3)16(11-17)13-6-5-7-15(10-13)21(4,19)20/h13-16,18H,5-12H2,1-4H3. The average molecular weight is 316 g/mol. The Morgan fingerprint density at radius 3 is 2.52 bits per heavy atom. The van der Waals surface area contributed by atoms with Gasteiger partial charge in [-0.3, -0.25) is 0 Å². The van der Waals surface area contributed by atoms with Gasteiger partial charge in [-0.2, -0.15) is 0 Å². The molecule has 0 aromatic carbocycles. The third kappa shape index (κ3) is 4.44. The van der Waals surface area contributed by atoms with E-state index in [9.17, 15) is 8.42 Å². The van der Waals surface area contributed by atoms with Gasteiger partial charge in [-0.25, -0.2) is 8.42 Å². The van der Waals surface area contributed by atoms with Crippen molar-refractivity contribution in [1.29, 1.82) is 0 Å². The Balaban J connectivity index is 2.11. The van der Waals surface area contributed by atoms with E-state index in [1.54, 1.807) is 0 Å². The summed E-state index contributed by atoms with van der Waals surface area (Å²) in [6.07, 6.45) is 9.38. The van der Waals surface area contributed by atoms with Crippen LogP contribution in [0.5, 0.6) is 0 Å². The van der Waals surface area contributed by atoms with Crippen LogP contribution in [0.4, 0.5) is 0 Å².